The summed E-state index contributed by atoms with van der Waals surface area (Å²) in [7, 11) is 0. The Morgan fingerprint density at radius 2 is 1.92 bits per heavy atom. The van der Waals surface area contributed by atoms with Crippen molar-refractivity contribution in [1.82, 2.24) is 5.32 Å². The predicted octanol–water partition coefficient (Wildman–Crippen LogP) is 1.02. The number of carboxylic acid groups (broad SMARTS) is 1. The number of carbonyl (C=O) groups is 1. The van der Waals surface area contributed by atoms with Crippen molar-refractivity contribution in [2.24, 2.45) is 11.1 Å². The third kappa shape index (κ3) is 3.57. The summed E-state index contributed by atoms with van der Waals surface area (Å²) in [6.07, 6.45) is -1.03. The van der Waals surface area contributed by atoms with Crippen molar-refractivity contribution in [3.63, 3.8) is 0 Å². The number of hydrogen-bond acceptors (Lipinski definition) is 2. The lowest BCUT2D eigenvalue weighted by Crippen LogP contribution is -2.51. The van der Waals surface area contributed by atoms with E-state index in [0.717, 1.165) is 0 Å². The van der Waals surface area contributed by atoms with E-state index in [-0.39, 0.29) is 17.5 Å². The highest BCUT2D eigenvalue weighted by molar-refractivity contribution is 5.64. The molecule has 0 saturated carbocycles. The maximum absolute atomic E-state index is 10.3. The van der Waals surface area contributed by atoms with Crippen LogP contribution in [-0.4, -0.2) is 23.3 Å². The summed E-state index contributed by atoms with van der Waals surface area (Å²) in [6.45, 7) is 7.72. The van der Waals surface area contributed by atoms with E-state index >= 15 is 0 Å². The fourth-order valence-electron chi connectivity index (χ4n) is 1.03. The minimum atomic E-state index is -1.03. The van der Waals surface area contributed by atoms with Crippen LogP contribution in [0.1, 0.15) is 27.7 Å². The molecule has 0 aliphatic carbocycles. The molecule has 4 nitrogen and oxygen atoms in total. The van der Waals surface area contributed by atoms with E-state index in [1.165, 1.54) is 0 Å². The largest absolute Gasteiger partial charge is 0.465 e. The van der Waals surface area contributed by atoms with Crippen molar-refractivity contribution in [1.29, 1.82) is 0 Å². The number of nitrogens with one attached hydrogen (secondary N) is 1. The Hall–Kier alpha value is -0.770. The molecule has 0 fully saturated rings. The van der Waals surface area contributed by atoms with Gasteiger partial charge in [-0.1, -0.05) is 20.8 Å². The molecular weight excluding hydrogens is 156 g/mol. The van der Waals surface area contributed by atoms with Gasteiger partial charge in [0.05, 0.1) is 0 Å². The molecule has 2 unspecified atom stereocenters. The van der Waals surface area contributed by atoms with Gasteiger partial charge in [0.2, 0.25) is 0 Å². The summed E-state index contributed by atoms with van der Waals surface area (Å²) >= 11 is 0. The predicted molar refractivity (Wildman–Crippen MR) is 48.1 cm³/mol. The molecule has 0 bridgehead atoms. The van der Waals surface area contributed by atoms with Crippen LogP contribution in [0.5, 0.6) is 0 Å². The van der Waals surface area contributed by atoms with Crippen molar-refractivity contribution in [2.45, 2.75) is 39.8 Å². The lowest BCUT2D eigenvalue weighted by molar-refractivity contribution is 0.181. The van der Waals surface area contributed by atoms with E-state index in [1.54, 1.807) is 6.92 Å². The van der Waals surface area contributed by atoms with Crippen LogP contribution in [0.25, 0.3) is 0 Å². The van der Waals surface area contributed by atoms with Crippen LogP contribution in [0.2, 0.25) is 0 Å². The molecule has 0 heterocycles. The molecule has 0 aliphatic rings. The fraction of sp³-hybridized carbons (Fsp3) is 0.875. The van der Waals surface area contributed by atoms with Gasteiger partial charge in [0.15, 0.2) is 0 Å². The first-order valence-corrected chi connectivity index (χ1v) is 4.00. The van der Waals surface area contributed by atoms with Crippen LogP contribution < -0.4 is 11.1 Å². The van der Waals surface area contributed by atoms with Gasteiger partial charge in [0.25, 0.3) is 0 Å². The number of amides is 1. The Balaban J connectivity index is 4.10. The van der Waals surface area contributed by atoms with Gasteiger partial charge in [-0.25, -0.2) is 4.79 Å². The van der Waals surface area contributed by atoms with Crippen molar-refractivity contribution in [2.75, 3.05) is 0 Å². The lowest BCUT2D eigenvalue weighted by atomic mass is 9.83. The Morgan fingerprint density at radius 1 is 1.50 bits per heavy atom. The summed E-state index contributed by atoms with van der Waals surface area (Å²) in [5.74, 6) is 0. The third-order valence-corrected chi connectivity index (χ3v) is 1.89. The number of hydrogen-bond donors (Lipinski definition) is 3. The van der Waals surface area contributed by atoms with Crippen LogP contribution in [0, 0.1) is 5.41 Å². The molecule has 72 valence electrons. The van der Waals surface area contributed by atoms with Crippen molar-refractivity contribution >= 4 is 6.09 Å². The zero-order chi connectivity index (χ0) is 9.94. The summed E-state index contributed by atoms with van der Waals surface area (Å²) in [4.78, 5) is 10.3. The molecule has 0 rings (SSSR count). The number of nitrogens with two attached hydrogens (primary N) is 1. The molecule has 0 aromatic carbocycles. The van der Waals surface area contributed by atoms with Crippen LogP contribution in [0.15, 0.2) is 0 Å². The second kappa shape index (κ2) is 3.76. The molecule has 4 N–H and O–H groups in total. The molecule has 0 aromatic rings. The van der Waals surface area contributed by atoms with Gasteiger partial charge in [-0.15, -0.1) is 0 Å². The van der Waals surface area contributed by atoms with Gasteiger partial charge < -0.3 is 16.2 Å². The van der Waals surface area contributed by atoms with Gasteiger partial charge in [-0.05, 0) is 12.3 Å². The van der Waals surface area contributed by atoms with Gasteiger partial charge in [-0.3, -0.25) is 0 Å². The van der Waals surface area contributed by atoms with Crippen molar-refractivity contribution < 1.29 is 9.90 Å². The Bertz CT molecular complexity index is 163. The smallest absolute Gasteiger partial charge is 0.404 e. The summed E-state index contributed by atoms with van der Waals surface area (Å²) in [5.41, 5.74) is 5.74. The van der Waals surface area contributed by atoms with Crippen LogP contribution >= 0.6 is 0 Å². The van der Waals surface area contributed by atoms with E-state index in [9.17, 15) is 4.79 Å². The maximum atomic E-state index is 10.3. The van der Waals surface area contributed by atoms with Gasteiger partial charge in [-0.2, -0.15) is 0 Å². The minimum absolute atomic E-state index is 0.0815. The summed E-state index contributed by atoms with van der Waals surface area (Å²) < 4.78 is 0. The average molecular weight is 174 g/mol. The van der Waals surface area contributed by atoms with E-state index in [1.807, 2.05) is 20.8 Å². The van der Waals surface area contributed by atoms with Gasteiger partial charge in [0, 0.05) is 12.1 Å². The van der Waals surface area contributed by atoms with Crippen molar-refractivity contribution in [3.8, 4) is 0 Å². The van der Waals surface area contributed by atoms with Crippen LogP contribution in [0.3, 0.4) is 0 Å². The highest BCUT2D eigenvalue weighted by Crippen LogP contribution is 2.19. The normalized spacial score (nSPS) is 16.8. The first-order valence-electron chi connectivity index (χ1n) is 4.00. The zero-order valence-corrected chi connectivity index (χ0v) is 8.09. The minimum Gasteiger partial charge on any atom is -0.465 e. The second-order valence-corrected chi connectivity index (χ2v) is 4.13. The highest BCUT2D eigenvalue weighted by Gasteiger charge is 2.26. The van der Waals surface area contributed by atoms with E-state index < -0.39 is 6.09 Å². The Kier molecular flexibility index (Phi) is 3.52. The van der Waals surface area contributed by atoms with E-state index in [2.05, 4.69) is 5.32 Å². The standard InChI is InChI=1S/C8H18N2O2/c1-5(10-7(11)12)6(9)8(2,3)4/h5-6,10H,9H2,1-4H3,(H,11,12). The lowest BCUT2D eigenvalue weighted by Gasteiger charge is -2.31. The first-order chi connectivity index (χ1) is 5.25. The summed E-state index contributed by atoms with van der Waals surface area (Å²) in [5, 5.41) is 10.8. The molecule has 0 radical (unpaired) electrons. The molecule has 0 aromatic heterocycles. The molecule has 0 spiro atoms. The van der Waals surface area contributed by atoms with Crippen LogP contribution in [0.4, 0.5) is 4.79 Å². The van der Waals surface area contributed by atoms with Crippen LogP contribution in [-0.2, 0) is 0 Å². The van der Waals surface area contributed by atoms with Gasteiger partial charge >= 0.3 is 6.09 Å². The van der Waals surface area contributed by atoms with Gasteiger partial charge in [0.1, 0.15) is 0 Å². The second-order valence-electron chi connectivity index (χ2n) is 4.13. The molecular formula is C8H18N2O2. The molecule has 1 amide bonds. The topological polar surface area (TPSA) is 75.3 Å². The Morgan fingerprint density at radius 3 is 2.17 bits per heavy atom. The maximum Gasteiger partial charge on any atom is 0.404 e. The fourth-order valence-corrected chi connectivity index (χ4v) is 1.03. The molecule has 0 aliphatic heterocycles. The molecule has 12 heavy (non-hydrogen) atoms. The average Bonchev–Trinajstić information content (AvgIpc) is 1.82. The quantitative estimate of drug-likeness (QED) is 0.585. The van der Waals surface area contributed by atoms with Crippen molar-refractivity contribution in [3.05, 3.63) is 0 Å². The molecule has 2 atom stereocenters. The molecule has 4 heteroatoms. The number of rotatable bonds is 2. The molecule has 0 saturated heterocycles. The monoisotopic (exact) mass is 174 g/mol. The van der Waals surface area contributed by atoms with E-state index in [0.29, 0.717) is 0 Å². The third-order valence-electron chi connectivity index (χ3n) is 1.89. The SMILES string of the molecule is CC(NC(=O)O)C(N)C(C)(C)C. The Labute approximate surface area is 73.1 Å². The summed E-state index contributed by atoms with van der Waals surface area (Å²) in [6, 6.07) is -0.393. The van der Waals surface area contributed by atoms with E-state index in [4.69, 9.17) is 10.8 Å². The zero-order valence-electron chi connectivity index (χ0n) is 8.09. The highest BCUT2D eigenvalue weighted by atomic mass is 16.4. The first kappa shape index (κ1) is 11.2.